The summed E-state index contributed by atoms with van der Waals surface area (Å²) in [6, 6.07) is 10.0. The Hall–Kier alpha value is -2.08. The number of rotatable bonds is 3. The Balaban J connectivity index is 1.36. The quantitative estimate of drug-likeness (QED) is 0.633. The average molecular weight is 431 g/mol. The van der Waals surface area contributed by atoms with Gasteiger partial charge in [-0.05, 0) is 42.8 Å². The van der Waals surface area contributed by atoms with Gasteiger partial charge in [0.05, 0.1) is 5.41 Å². The largest absolute Gasteiger partial charge is 0.395 e. The number of nitrogens with zero attached hydrogens (tertiary/aromatic N) is 2. The summed E-state index contributed by atoms with van der Waals surface area (Å²) in [5.41, 5.74) is 1.44. The first-order valence-corrected chi connectivity index (χ1v) is 11.5. The van der Waals surface area contributed by atoms with E-state index in [9.17, 15) is 18.0 Å². The smallest absolute Gasteiger partial charge is 0.370 e. The van der Waals surface area contributed by atoms with Crippen LogP contribution in [-0.2, 0) is 6.42 Å². The molecule has 6 heteroatoms. The van der Waals surface area contributed by atoms with Gasteiger partial charge in [-0.25, -0.2) is 0 Å². The third-order valence-electron chi connectivity index (χ3n) is 7.62. The number of benzene rings is 2. The minimum absolute atomic E-state index is 0.128. The lowest BCUT2D eigenvalue weighted by molar-refractivity contribution is -0.239. The molecule has 0 unspecified atom stereocenters. The number of carbonyl (C=O) groups is 1. The second-order valence-corrected chi connectivity index (χ2v) is 9.53. The zero-order valence-electron chi connectivity index (χ0n) is 17.8. The van der Waals surface area contributed by atoms with Gasteiger partial charge in [0, 0.05) is 49.2 Å². The molecule has 0 aromatic heterocycles. The number of hydrogen-bond acceptors (Lipinski definition) is 3. The van der Waals surface area contributed by atoms with E-state index >= 15 is 0 Å². The highest BCUT2D eigenvalue weighted by Gasteiger charge is 2.55. The number of ketones is 1. The van der Waals surface area contributed by atoms with Crippen molar-refractivity contribution in [2.75, 3.05) is 37.6 Å². The summed E-state index contributed by atoms with van der Waals surface area (Å²) < 4.78 is 42.1. The molecule has 0 spiro atoms. The molecule has 0 amide bonds. The van der Waals surface area contributed by atoms with Crippen LogP contribution >= 0.6 is 0 Å². The van der Waals surface area contributed by atoms with E-state index < -0.39 is 11.6 Å². The second-order valence-electron chi connectivity index (χ2n) is 9.53. The van der Waals surface area contributed by atoms with Crippen LogP contribution in [0.5, 0.6) is 0 Å². The summed E-state index contributed by atoms with van der Waals surface area (Å²) >= 11 is 0. The lowest BCUT2D eigenvalue weighted by atomic mass is 9.73. The molecular formula is C25H29F3N2O. The second kappa shape index (κ2) is 7.80. The van der Waals surface area contributed by atoms with Gasteiger partial charge < -0.3 is 9.80 Å². The fourth-order valence-corrected chi connectivity index (χ4v) is 5.95. The highest BCUT2D eigenvalue weighted by Crippen LogP contribution is 2.49. The molecule has 2 fully saturated rings. The first-order valence-electron chi connectivity index (χ1n) is 11.5. The molecule has 1 saturated heterocycles. The first kappa shape index (κ1) is 20.8. The summed E-state index contributed by atoms with van der Waals surface area (Å²) in [5.74, 6) is 0.171. The van der Waals surface area contributed by atoms with Gasteiger partial charge >= 0.3 is 6.18 Å². The first-order chi connectivity index (χ1) is 14.9. The van der Waals surface area contributed by atoms with Gasteiger partial charge in [0.25, 0.3) is 0 Å². The minimum atomic E-state index is -4.14. The Labute approximate surface area is 181 Å². The third-order valence-corrected chi connectivity index (χ3v) is 7.62. The molecule has 1 saturated carbocycles. The monoisotopic (exact) mass is 430 g/mol. The third kappa shape index (κ3) is 3.63. The summed E-state index contributed by atoms with van der Waals surface area (Å²) in [6.45, 7) is 3.00. The fourth-order valence-electron chi connectivity index (χ4n) is 5.95. The van der Waals surface area contributed by atoms with Crippen LogP contribution in [0.1, 0.15) is 54.4 Å². The molecule has 5 rings (SSSR count). The Morgan fingerprint density at radius 2 is 1.71 bits per heavy atom. The van der Waals surface area contributed by atoms with Crippen molar-refractivity contribution >= 4 is 22.2 Å². The molecule has 0 radical (unpaired) electrons. The predicted octanol–water partition coefficient (Wildman–Crippen LogP) is 5.60. The van der Waals surface area contributed by atoms with Gasteiger partial charge in [-0.2, -0.15) is 13.2 Å². The van der Waals surface area contributed by atoms with Crippen LogP contribution in [0, 0.1) is 5.41 Å². The van der Waals surface area contributed by atoms with Gasteiger partial charge in [-0.3, -0.25) is 4.79 Å². The minimum Gasteiger partial charge on any atom is -0.370 e. The van der Waals surface area contributed by atoms with E-state index in [2.05, 4.69) is 23.1 Å². The molecule has 31 heavy (non-hydrogen) atoms. The number of carbonyl (C=O) groups excluding carboxylic acids is 1. The summed E-state index contributed by atoms with van der Waals surface area (Å²) in [4.78, 5) is 16.7. The zero-order valence-corrected chi connectivity index (χ0v) is 17.8. The van der Waals surface area contributed by atoms with Crippen molar-refractivity contribution in [3.63, 3.8) is 0 Å². The van der Waals surface area contributed by atoms with E-state index in [-0.39, 0.29) is 25.2 Å². The topological polar surface area (TPSA) is 23.6 Å². The van der Waals surface area contributed by atoms with Crippen LogP contribution in [0.3, 0.4) is 0 Å². The van der Waals surface area contributed by atoms with Gasteiger partial charge in [0.15, 0.2) is 5.78 Å². The number of anilines is 1. The Morgan fingerprint density at radius 1 is 0.903 bits per heavy atom. The Bertz CT molecular complexity index is 994. The molecular weight excluding hydrogens is 401 g/mol. The highest BCUT2D eigenvalue weighted by atomic mass is 19.4. The maximum Gasteiger partial charge on any atom is 0.395 e. The van der Waals surface area contributed by atoms with Crippen molar-refractivity contribution in [2.24, 2.45) is 5.41 Å². The molecule has 0 bridgehead atoms. The van der Waals surface area contributed by atoms with Gasteiger partial charge in [0.2, 0.25) is 0 Å². The Kier molecular flexibility index (Phi) is 5.24. The standard InChI is InChI=1S/C25H29F3N2O/c26-25(27,28)24(10-2-1-3-11-24)17-29-12-5-13-30(15-14-29)21-9-8-18-16-22(31)20-7-4-6-19(21)23(18)20/h4,6-9H,1-3,5,10-17H2. The van der Waals surface area contributed by atoms with Crippen LogP contribution in [-0.4, -0.2) is 49.6 Å². The molecule has 0 N–H and O–H groups in total. The number of alkyl halides is 3. The lowest BCUT2D eigenvalue weighted by Crippen LogP contribution is -2.49. The highest BCUT2D eigenvalue weighted by molar-refractivity contribution is 6.17. The van der Waals surface area contributed by atoms with Crippen LogP contribution in [0.15, 0.2) is 30.3 Å². The lowest BCUT2D eigenvalue weighted by Gasteiger charge is -2.42. The van der Waals surface area contributed by atoms with Crippen molar-refractivity contribution in [3.05, 3.63) is 41.5 Å². The molecule has 0 atom stereocenters. The van der Waals surface area contributed by atoms with Crippen molar-refractivity contribution in [1.82, 2.24) is 4.90 Å². The van der Waals surface area contributed by atoms with E-state index in [0.29, 0.717) is 38.9 Å². The fraction of sp³-hybridized carbons (Fsp3) is 0.560. The van der Waals surface area contributed by atoms with Crippen LogP contribution in [0.4, 0.5) is 18.9 Å². The summed E-state index contributed by atoms with van der Waals surface area (Å²) in [6.07, 6.45) is -0.0288. The van der Waals surface area contributed by atoms with Crippen molar-refractivity contribution < 1.29 is 18.0 Å². The average Bonchev–Trinajstić information content (AvgIpc) is 2.92. The summed E-state index contributed by atoms with van der Waals surface area (Å²) in [7, 11) is 0. The van der Waals surface area contributed by atoms with Gasteiger partial charge in [-0.1, -0.05) is 43.5 Å². The number of Topliss-reactive ketones (excluding diaryl/α,β-unsaturated/α-hetero) is 1. The van der Waals surface area contributed by atoms with Crippen molar-refractivity contribution in [1.29, 1.82) is 0 Å². The molecule has 2 aromatic rings. The Morgan fingerprint density at radius 3 is 2.48 bits per heavy atom. The predicted molar refractivity (Wildman–Crippen MR) is 117 cm³/mol. The van der Waals surface area contributed by atoms with Crippen molar-refractivity contribution in [3.8, 4) is 0 Å². The molecule has 166 valence electrons. The molecule has 3 nitrogen and oxygen atoms in total. The van der Waals surface area contributed by atoms with E-state index in [4.69, 9.17) is 0 Å². The normalized spacial score (nSPS) is 22.2. The molecule has 3 aliphatic rings. The van der Waals surface area contributed by atoms with Gasteiger partial charge in [-0.15, -0.1) is 0 Å². The van der Waals surface area contributed by atoms with E-state index in [1.54, 1.807) is 0 Å². The summed E-state index contributed by atoms with van der Waals surface area (Å²) in [5, 5.41) is 2.15. The van der Waals surface area contributed by atoms with Gasteiger partial charge in [0.1, 0.15) is 0 Å². The van der Waals surface area contributed by atoms with E-state index in [1.807, 2.05) is 17.0 Å². The van der Waals surface area contributed by atoms with Crippen molar-refractivity contribution in [2.45, 2.75) is 51.1 Å². The van der Waals surface area contributed by atoms with Crippen LogP contribution in [0.25, 0.3) is 10.8 Å². The SMILES string of the molecule is O=C1Cc2ccc(N3CCCN(CC4(C(F)(F)F)CCCCC4)CC3)c3cccc1c23. The van der Waals surface area contributed by atoms with E-state index in [0.717, 1.165) is 47.0 Å². The molecule has 1 heterocycles. The molecule has 2 aliphatic carbocycles. The molecule has 1 aliphatic heterocycles. The number of halogens is 3. The van der Waals surface area contributed by atoms with Crippen LogP contribution < -0.4 is 4.90 Å². The maximum atomic E-state index is 14.0. The van der Waals surface area contributed by atoms with Crippen LogP contribution in [0.2, 0.25) is 0 Å². The maximum absolute atomic E-state index is 14.0. The number of hydrogen-bond donors (Lipinski definition) is 0. The molecule has 2 aromatic carbocycles. The van der Waals surface area contributed by atoms with E-state index in [1.165, 1.54) is 0 Å². The zero-order chi connectivity index (χ0) is 21.6.